The van der Waals surface area contributed by atoms with Crippen LogP contribution in [0.4, 0.5) is 0 Å². The number of amides is 1. The molecule has 0 aliphatic heterocycles. The van der Waals surface area contributed by atoms with Crippen molar-refractivity contribution in [1.82, 2.24) is 5.32 Å². The van der Waals surface area contributed by atoms with E-state index in [0.29, 0.717) is 6.41 Å². The predicted octanol–water partition coefficient (Wildman–Crippen LogP) is -1.15. The third kappa shape index (κ3) is 41.4. The summed E-state index contributed by atoms with van der Waals surface area (Å²) in [6.45, 7) is 3.04. The minimum atomic E-state index is -0.274. The second kappa shape index (κ2) is 15.7. The van der Waals surface area contributed by atoms with Crippen molar-refractivity contribution in [2.75, 3.05) is 13.3 Å². The maximum atomic E-state index is 9.13. The molecule has 4 heteroatoms. The summed E-state index contributed by atoms with van der Waals surface area (Å²) >= 11 is 0. The Labute approximate surface area is 53.8 Å². The Morgan fingerprint density at radius 3 is 2.00 bits per heavy atom. The van der Waals surface area contributed by atoms with Crippen LogP contribution in [0.15, 0.2) is 12.7 Å². The molecule has 0 aromatic heterocycles. The van der Waals surface area contributed by atoms with Crippen LogP contribution in [-0.2, 0) is 4.79 Å². The number of aliphatic hydroxyl groups excluding tert-OH is 2. The van der Waals surface area contributed by atoms with Crippen LogP contribution in [0.3, 0.4) is 0 Å². The first kappa shape index (κ1) is 11.0. The Balaban J connectivity index is 0. The molecule has 0 fully saturated rings. The summed E-state index contributed by atoms with van der Waals surface area (Å²) in [6.07, 6.45) is 1.86. The Hall–Kier alpha value is -0.870. The monoisotopic (exact) mass is 133 g/mol. The average Bonchev–Trinajstić information content (AvgIpc) is 1.91. The Morgan fingerprint density at radius 2 is 2.00 bits per heavy atom. The molecule has 0 unspecified atom stereocenters. The van der Waals surface area contributed by atoms with Gasteiger partial charge in [0.25, 0.3) is 0 Å². The molecule has 0 aromatic rings. The summed E-state index contributed by atoms with van der Waals surface area (Å²) in [5.41, 5.74) is 0. The maximum Gasteiger partial charge on any atom is 0.208 e. The lowest BCUT2D eigenvalue weighted by Crippen LogP contribution is -2.10. The first-order valence-electron chi connectivity index (χ1n) is 2.33. The second-order valence-electron chi connectivity index (χ2n) is 0.951. The van der Waals surface area contributed by atoms with Gasteiger partial charge >= 0.3 is 0 Å². The molecule has 0 radical (unpaired) electrons. The fourth-order valence-corrected chi connectivity index (χ4v) is 0.0373. The van der Waals surface area contributed by atoms with Gasteiger partial charge in [-0.15, -0.1) is 6.58 Å². The molecule has 0 saturated heterocycles. The van der Waals surface area contributed by atoms with Crippen molar-refractivity contribution in [1.29, 1.82) is 0 Å². The SMILES string of the molecule is C=CCO.O=CNCO. The van der Waals surface area contributed by atoms with Crippen molar-refractivity contribution >= 4 is 6.41 Å². The molecule has 0 aliphatic carbocycles. The smallest absolute Gasteiger partial charge is 0.208 e. The van der Waals surface area contributed by atoms with E-state index < -0.39 is 0 Å². The van der Waals surface area contributed by atoms with Crippen LogP contribution >= 0.6 is 0 Å². The van der Waals surface area contributed by atoms with Crippen LogP contribution in [0.1, 0.15) is 0 Å². The summed E-state index contributed by atoms with van der Waals surface area (Å²) in [5.74, 6) is 0. The van der Waals surface area contributed by atoms with Crippen LogP contribution in [0, 0.1) is 0 Å². The number of carbonyl (C=O) groups excluding carboxylic acids is 1. The van der Waals surface area contributed by atoms with Crippen LogP contribution in [0.25, 0.3) is 0 Å². The highest BCUT2D eigenvalue weighted by Crippen LogP contribution is 1.46. The minimum Gasteiger partial charge on any atom is -0.392 e. The van der Waals surface area contributed by atoms with Crippen LogP contribution < -0.4 is 5.32 Å². The molecule has 0 atom stereocenters. The maximum absolute atomic E-state index is 9.13. The number of carbonyl (C=O) groups is 1. The molecular formula is C5H11NO3. The molecule has 54 valence electrons. The predicted molar refractivity (Wildman–Crippen MR) is 33.6 cm³/mol. The zero-order valence-electron chi connectivity index (χ0n) is 5.08. The topological polar surface area (TPSA) is 69.6 Å². The Morgan fingerprint density at radius 1 is 1.56 bits per heavy atom. The normalized spacial score (nSPS) is 6.44. The summed E-state index contributed by atoms with van der Waals surface area (Å²) in [6, 6.07) is 0. The number of aliphatic hydroxyl groups is 2. The molecule has 4 nitrogen and oxygen atoms in total. The standard InChI is InChI=1S/C3H6O.C2H5NO2/c1-2-3-4;4-1-3-2-5/h2,4H,1,3H2;1,5H,2H2,(H,3,4). The molecule has 0 heterocycles. The van der Waals surface area contributed by atoms with E-state index in [2.05, 4.69) is 6.58 Å². The van der Waals surface area contributed by atoms with E-state index in [4.69, 9.17) is 15.0 Å². The lowest BCUT2D eigenvalue weighted by Gasteiger charge is -1.78. The van der Waals surface area contributed by atoms with Crippen molar-refractivity contribution in [3.05, 3.63) is 12.7 Å². The Bertz CT molecular complexity index is 65.2. The summed E-state index contributed by atoms with van der Waals surface area (Å²) < 4.78 is 0. The number of hydrogen-bond donors (Lipinski definition) is 3. The van der Waals surface area contributed by atoms with Crippen molar-refractivity contribution in [2.24, 2.45) is 0 Å². The lowest BCUT2D eigenvalue weighted by molar-refractivity contribution is -0.110. The lowest BCUT2D eigenvalue weighted by atomic mass is 10.7. The van der Waals surface area contributed by atoms with Gasteiger partial charge in [0.05, 0.1) is 6.61 Å². The van der Waals surface area contributed by atoms with Crippen LogP contribution in [-0.4, -0.2) is 30.0 Å². The van der Waals surface area contributed by atoms with Gasteiger partial charge in [0, 0.05) is 0 Å². The quantitative estimate of drug-likeness (QED) is 0.258. The zero-order chi connectivity index (χ0) is 7.54. The van der Waals surface area contributed by atoms with Gasteiger partial charge < -0.3 is 15.5 Å². The van der Waals surface area contributed by atoms with Crippen LogP contribution in [0.2, 0.25) is 0 Å². The first-order chi connectivity index (χ1) is 4.33. The molecule has 9 heavy (non-hydrogen) atoms. The highest BCUT2D eigenvalue weighted by molar-refractivity contribution is 5.45. The van der Waals surface area contributed by atoms with Gasteiger partial charge in [-0.1, -0.05) is 6.08 Å². The number of nitrogens with one attached hydrogen (secondary N) is 1. The largest absolute Gasteiger partial charge is 0.392 e. The first-order valence-corrected chi connectivity index (χ1v) is 2.33. The molecule has 1 amide bonds. The summed E-state index contributed by atoms with van der Waals surface area (Å²) in [5, 5.41) is 17.5. The molecular weight excluding hydrogens is 122 g/mol. The van der Waals surface area contributed by atoms with E-state index in [0.717, 1.165) is 0 Å². The fourth-order valence-electron chi connectivity index (χ4n) is 0.0373. The number of rotatable bonds is 3. The van der Waals surface area contributed by atoms with Gasteiger partial charge in [-0.05, 0) is 0 Å². The molecule has 0 bridgehead atoms. The molecule has 0 saturated carbocycles. The second-order valence-corrected chi connectivity index (χ2v) is 0.951. The highest BCUT2D eigenvalue weighted by Gasteiger charge is 1.59. The molecule has 3 N–H and O–H groups in total. The van der Waals surface area contributed by atoms with E-state index in [1.807, 2.05) is 5.32 Å². The van der Waals surface area contributed by atoms with E-state index in [9.17, 15) is 0 Å². The van der Waals surface area contributed by atoms with E-state index in [1.165, 1.54) is 6.08 Å². The van der Waals surface area contributed by atoms with Gasteiger partial charge in [-0.2, -0.15) is 0 Å². The van der Waals surface area contributed by atoms with Gasteiger partial charge in [-0.25, -0.2) is 0 Å². The van der Waals surface area contributed by atoms with Gasteiger partial charge in [-0.3, -0.25) is 4.79 Å². The van der Waals surface area contributed by atoms with Crippen molar-refractivity contribution in [3.63, 3.8) is 0 Å². The van der Waals surface area contributed by atoms with Gasteiger partial charge in [0.2, 0.25) is 6.41 Å². The molecule has 0 spiro atoms. The highest BCUT2D eigenvalue weighted by atomic mass is 16.3. The van der Waals surface area contributed by atoms with E-state index in [1.54, 1.807) is 0 Å². The van der Waals surface area contributed by atoms with Gasteiger partial charge in [0.1, 0.15) is 6.73 Å². The molecule has 0 aromatic carbocycles. The van der Waals surface area contributed by atoms with E-state index in [-0.39, 0.29) is 13.3 Å². The van der Waals surface area contributed by atoms with E-state index >= 15 is 0 Å². The summed E-state index contributed by atoms with van der Waals surface area (Å²) in [7, 11) is 0. The van der Waals surface area contributed by atoms with Crippen molar-refractivity contribution in [2.45, 2.75) is 0 Å². The number of hydrogen-bond acceptors (Lipinski definition) is 3. The molecule has 0 aliphatic rings. The fraction of sp³-hybridized carbons (Fsp3) is 0.400. The van der Waals surface area contributed by atoms with Crippen molar-refractivity contribution in [3.8, 4) is 0 Å². The summed E-state index contributed by atoms with van der Waals surface area (Å²) in [4.78, 5) is 9.13. The third-order valence-corrected chi connectivity index (χ3v) is 0.304. The minimum absolute atomic E-state index is 0.0833. The van der Waals surface area contributed by atoms with Gasteiger partial charge in [0.15, 0.2) is 0 Å². The third-order valence-electron chi connectivity index (χ3n) is 0.304. The molecule has 0 rings (SSSR count). The van der Waals surface area contributed by atoms with Crippen molar-refractivity contribution < 1.29 is 15.0 Å². The zero-order valence-corrected chi connectivity index (χ0v) is 5.08. The van der Waals surface area contributed by atoms with Crippen LogP contribution in [0.5, 0.6) is 0 Å². The Kier molecular flexibility index (Phi) is 19.2. The average molecular weight is 133 g/mol.